The van der Waals surface area contributed by atoms with Gasteiger partial charge in [-0.2, -0.15) is 0 Å². The minimum absolute atomic E-state index is 0.673. The molecule has 4 heteroatoms. The molecule has 2 atom stereocenters. The maximum absolute atomic E-state index is 14.0. The molecule has 1 fully saturated rings. The van der Waals surface area contributed by atoms with Crippen LogP contribution < -0.4 is 0 Å². The summed E-state index contributed by atoms with van der Waals surface area (Å²) in [6.45, 7) is 3.72. The summed E-state index contributed by atoms with van der Waals surface area (Å²) in [6.07, 6.45) is -2.18. The van der Waals surface area contributed by atoms with Gasteiger partial charge in [0, 0.05) is 0 Å². The van der Waals surface area contributed by atoms with Crippen molar-refractivity contribution in [2.75, 3.05) is 0 Å². The summed E-state index contributed by atoms with van der Waals surface area (Å²) in [5.74, 6) is -1.18. The van der Waals surface area contributed by atoms with Crippen molar-refractivity contribution >= 4 is 43.1 Å². The zero-order valence-electron chi connectivity index (χ0n) is 28.5. The number of ether oxygens (including phenoxy) is 2. The van der Waals surface area contributed by atoms with Crippen LogP contribution in [0.4, 0.5) is 0 Å². The standard InChI is InChI=1S/C47H38O4/c1-45(2)50-43(46(48,39-27-11-19-31-15-3-7-23-35(31)39)40-28-12-20-32-16-4-8-24-36(32)40)44(51-45)47(49,41-29-13-21-33-17-5-9-25-37(33)41)42-30-14-22-34-18-6-10-26-38(34)42/h3-30,43-44,48-49H,1-2H3/t43-,44-/m1/s1. The molecular weight excluding hydrogens is 629 g/mol. The lowest BCUT2D eigenvalue weighted by atomic mass is 9.69. The van der Waals surface area contributed by atoms with Crippen LogP contribution in [0.15, 0.2) is 170 Å². The molecule has 1 aliphatic heterocycles. The van der Waals surface area contributed by atoms with E-state index in [1.165, 1.54) is 0 Å². The lowest BCUT2D eigenvalue weighted by Gasteiger charge is -2.43. The molecule has 0 amide bonds. The summed E-state index contributed by atoms with van der Waals surface area (Å²) < 4.78 is 14.0. The molecule has 0 aromatic heterocycles. The highest BCUT2D eigenvalue weighted by Gasteiger charge is 2.62. The van der Waals surface area contributed by atoms with Gasteiger partial charge in [-0.15, -0.1) is 0 Å². The molecule has 0 saturated carbocycles. The molecule has 51 heavy (non-hydrogen) atoms. The molecule has 0 aliphatic carbocycles. The van der Waals surface area contributed by atoms with E-state index in [4.69, 9.17) is 9.47 Å². The third kappa shape index (κ3) is 4.90. The second-order valence-corrected chi connectivity index (χ2v) is 14.1. The van der Waals surface area contributed by atoms with Gasteiger partial charge in [0.05, 0.1) is 0 Å². The van der Waals surface area contributed by atoms with Crippen molar-refractivity contribution in [3.8, 4) is 0 Å². The average Bonchev–Trinajstić information content (AvgIpc) is 3.52. The summed E-state index contributed by atoms with van der Waals surface area (Å²) in [5, 5.41) is 35.6. The molecule has 0 bridgehead atoms. The fourth-order valence-corrected chi connectivity index (χ4v) is 8.51. The quantitative estimate of drug-likeness (QED) is 0.186. The lowest BCUT2D eigenvalue weighted by molar-refractivity contribution is -0.172. The third-order valence-electron chi connectivity index (χ3n) is 10.7. The SMILES string of the molecule is CC1(C)O[C@@H](C(O)(c2cccc3ccccc23)c2cccc3ccccc23)[C@H](C(O)(c2cccc3ccccc23)c2cccc3ccccc23)O1. The first-order valence-corrected chi connectivity index (χ1v) is 17.5. The van der Waals surface area contributed by atoms with Gasteiger partial charge in [0.25, 0.3) is 0 Å². The smallest absolute Gasteiger partial charge is 0.164 e. The Kier molecular flexibility index (Phi) is 7.36. The Hall–Kier alpha value is -5.36. The van der Waals surface area contributed by atoms with Crippen LogP contribution in [0.3, 0.4) is 0 Å². The van der Waals surface area contributed by atoms with E-state index in [0.29, 0.717) is 22.3 Å². The minimum atomic E-state index is -1.80. The first-order chi connectivity index (χ1) is 24.8. The van der Waals surface area contributed by atoms with Crippen molar-refractivity contribution in [3.05, 3.63) is 192 Å². The normalized spacial score (nSPS) is 17.8. The van der Waals surface area contributed by atoms with E-state index in [1.807, 2.05) is 135 Å². The number of hydrogen-bond donors (Lipinski definition) is 2. The number of hydrogen-bond acceptors (Lipinski definition) is 4. The maximum atomic E-state index is 14.0. The summed E-state index contributed by atoms with van der Waals surface area (Å²) in [6, 6.07) is 56.4. The molecule has 1 aliphatic rings. The highest BCUT2D eigenvalue weighted by atomic mass is 16.8. The van der Waals surface area contributed by atoms with Crippen molar-refractivity contribution in [1.29, 1.82) is 0 Å². The van der Waals surface area contributed by atoms with Gasteiger partial charge >= 0.3 is 0 Å². The van der Waals surface area contributed by atoms with Crippen molar-refractivity contribution < 1.29 is 19.7 Å². The van der Waals surface area contributed by atoms with E-state index in [0.717, 1.165) is 43.1 Å². The summed E-state index contributed by atoms with van der Waals surface area (Å²) in [5.41, 5.74) is -0.914. The summed E-state index contributed by atoms with van der Waals surface area (Å²) in [7, 11) is 0. The van der Waals surface area contributed by atoms with Crippen molar-refractivity contribution in [2.45, 2.75) is 43.0 Å². The third-order valence-corrected chi connectivity index (χ3v) is 10.7. The summed E-state index contributed by atoms with van der Waals surface area (Å²) in [4.78, 5) is 0. The number of rotatable bonds is 6. The highest BCUT2D eigenvalue weighted by molar-refractivity contribution is 5.93. The van der Waals surface area contributed by atoms with Gasteiger partial charge in [-0.05, 0) is 79.2 Å². The molecule has 250 valence electrons. The van der Waals surface area contributed by atoms with E-state index < -0.39 is 29.2 Å². The molecule has 2 N–H and O–H groups in total. The molecule has 1 saturated heterocycles. The molecule has 4 nitrogen and oxygen atoms in total. The van der Waals surface area contributed by atoms with Crippen LogP contribution in [-0.2, 0) is 20.7 Å². The van der Waals surface area contributed by atoms with Gasteiger partial charge in [-0.3, -0.25) is 0 Å². The van der Waals surface area contributed by atoms with Crippen molar-refractivity contribution in [2.24, 2.45) is 0 Å². The molecule has 8 aromatic carbocycles. The highest BCUT2D eigenvalue weighted by Crippen LogP contribution is 2.53. The number of fused-ring (bicyclic) bond motifs is 4. The van der Waals surface area contributed by atoms with Gasteiger partial charge < -0.3 is 19.7 Å². The predicted octanol–water partition coefficient (Wildman–Crippen LogP) is 9.99. The van der Waals surface area contributed by atoms with Gasteiger partial charge in [0.1, 0.15) is 23.4 Å². The van der Waals surface area contributed by atoms with Crippen LogP contribution in [0, 0.1) is 0 Å². The molecule has 9 rings (SSSR count). The number of benzene rings is 8. The lowest BCUT2D eigenvalue weighted by Crippen LogP contribution is -2.55. The second kappa shape index (κ2) is 11.9. The van der Waals surface area contributed by atoms with E-state index in [1.54, 1.807) is 0 Å². The monoisotopic (exact) mass is 666 g/mol. The molecule has 1 heterocycles. The molecule has 0 unspecified atom stereocenters. The summed E-state index contributed by atoms with van der Waals surface area (Å²) >= 11 is 0. The second-order valence-electron chi connectivity index (χ2n) is 14.1. The van der Waals surface area contributed by atoms with Gasteiger partial charge in [-0.25, -0.2) is 0 Å². The Morgan fingerprint density at radius 1 is 0.373 bits per heavy atom. The molecule has 8 aromatic rings. The zero-order valence-corrected chi connectivity index (χ0v) is 28.5. The van der Waals surface area contributed by atoms with E-state index >= 15 is 0 Å². The van der Waals surface area contributed by atoms with E-state index in [2.05, 4.69) is 48.5 Å². The first-order valence-electron chi connectivity index (χ1n) is 17.5. The van der Waals surface area contributed by atoms with Crippen molar-refractivity contribution in [1.82, 2.24) is 0 Å². The molecule has 0 radical (unpaired) electrons. The Morgan fingerprint density at radius 2 is 0.608 bits per heavy atom. The van der Waals surface area contributed by atoms with Crippen LogP contribution in [-0.4, -0.2) is 28.2 Å². The molecule has 0 spiro atoms. The van der Waals surface area contributed by atoms with E-state index in [-0.39, 0.29) is 0 Å². The topological polar surface area (TPSA) is 58.9 Å². The van der Waals surface area contributed by atoms with Crippen LogP contribution in [0.1, 0.15) is 36.1 Å². The first kappa shape index (κ1) is 31.6. The Morgan fingerprint density at radius 3 is 0.882 bits per heavy atom. The Bertz CT molecular complexity index is 2230. The fraction of sp³-hybridized carbons (Fsp3) is 0.149. The van der Waals surface area contributed by atoms with Crippen LogP contribution in [0.2, 0.25) is 0 Å². The van der Waals surface area contributed by atoms with Crippen LogP contribution in [0.5, 0.6) is 0 Å². The zero-order chi connectivity index (χ0) is 34.8. The maximum Gasteiger partial charge on any atom is 0.164 e. The van der Waals surface area contributed by atoms with Gasteiger partial charge in [-0.1, -0.05) is 170 Å². The predicted molar refractivity (Wildman–Crippen MR) is 206 cm³/mol. The Balaban J connectivity index is 1.41. The fourth-order valence-electron chi connectivity index (χ4n) is 8.51. The molecular formula is C47H38O4. The largest absolute Gasteiger partial charge is 0.377 e. The Labute approximate surface area is 297 Å². The van der Waals surface area contributed by atoms with Crippen molar-refractivity contribution in [3.63, 3.8) is 0 Å². The van der Waals surface area contributed by atoms with Crippen LogP contribution in [0.25, 0.3) is 43.1 Å². The number of aliphatic hydroxyl groups is 2. The minimum Gasteiger partial charge on any atom is -0.377 e. The van der Waals surface area contributed by atoms with E-state index in [9.17, 15) is 10.2 Å². The van der Waals surface area contributed by atoms with Gasteiger partial charge in [0.2, 0.25) is 0 Å². The average molecular weight is 667 g/mol. The van der Waals surface area contributed by atoms with Gasteiger partial charge in [0.15, 0.2) is 5.79 Å². The van der Waals surface area contributed by atoms with Crippen LogP contribution >= 0.6 is 0 Å².